The first kappa shape index (κ1) is 16.9. The summed E-state index contributed by atoms with van der Waals surface area (Å²) in [5.41, 5.74) is 0.704. The Morgan fingerprint density at radius 2 is 2.10 bits per heavy atom. The average Bonchev–Trinajstić information content (AvgIpc) is 2.46. The van der Waals surface area contributed by atoms with Crippen molar-refractivity contribution in [3.05, 3.63) is 29.6 Å². The SMILES string of the molecule is CNC(=O)NC(=O)[C@H](C)N(C)Cc1ccc(OC)c(F)c1. The molecular weight excluding hydrogens is 277 g/mol. The number of halogens is 1. The Labute approximate surface area is 123 Å². The van der Waals surface area contributed by atoms with Gasteiger partial charge in [-0.05, 0) is 31.7 Å². The number of nitrogens with zero attached hydrogens (tertiary/aromatic N) is 1. The molecule has 3 amide bonds. The van der Waals surface area contributed by atoms with Crippen molar-refractivity contribution in [3.63, 3.8) is 0 Å². The summed E-state index contributed by atoms with van der Waals surface area (Å²) in [6.45, 7) is 2.03. The fourth-order valence-corrected chi connectivity index (χ4v) is 1.71. The van der Waals surface area contributed by atoms with Crippen LogP contribution in [0.25, 0.3) is 0 Å². The van der Waals surface area contributed by atoms with E-state index in [1.54, 1.807) is 24.9 Å². The van der Waals surface area contributed by atoms with Gasteiger partial charge >= 0.3 is 6.03 Å². The van der Waals surface area contributed by atoms with Gasteiger partial charge in [-0.2, -0.15) is 0 Å². The summed E-state index contributed by atoms with van der Waals surface area (Å²) in [6, 6.07) is 3.53. The maximum absolute atomic E-state index is 13.6. The Kier molecular flexibility index (Phi) is 6.10. The van der Waals surface area contributed by atoms with Crippen molar-refractivity contribution in [1.82, 2.24) is 15.5 Å². The topological polar surface area (TPSA) is 70.7 Å². The molecule has 0 saturated heterocycles. The lowest BCUT2D eigenvalue weighted by Gasteiger charge is -2.23. The second kappa shape index (κ2) is 7.58. The Balaban J connectivity index is 2.67. The molecule has 1 aromatic carbocycles. The quantitative estimate of drug-likeness (QED) is 0.854. The predicted molar refractivity (Wildman–Crippen MR) is 76.5 cm³/mol. The smallest absolute Gasteiger partial charge is 0.321 e. The highest BCUT2D eigenvalue weighted by atomic mass is 19.1. The van der Waals surface area contributed by atoms with E-state index in [-0.39, 0.29) is 5.75 Å². The maximum Gasteiger partial charge on any atom is 0.321 e. The molecule has 0 spiro atoms. The standard InChI is InChI=1S/C14H20FN3O3/c1-9(13(19)17-14(20)16-2)18(3)8-10-5-6-12(21-4)11(15)7-10/h5-7,9H,8H2,1-4H3,(H2,16,17,19,20)/t9-/m0/s1. The van der Waals surface area contributed by atoms with Crippen molar-refractivity contribution in [1.29, 1.82) is 0 Å². The van der Waals surface area contributed by atoms with Crippen LogP contribution in [0.5, 0.6) is 5.75 Å². The number of rotatable bonds is 5. The molecule has 0 fully saturated rings. The molecule has 116 valence electrons. The Morgan fingerprint density at radius 3 is 2.62 bits per heavy atom. The minimum absolute atomic E-state index is 0.173. The predicted octanol–water partition coefficient (Wildman–Crippen LogP) is 1.11. The lowest BCUT2D eigenvalue weighted by atomic mass is 10.1. The third-order valence-electron chi connectivity index (χ3n) is 3.15. The monoisotopic (exact) mass is 297 g/mol. The van der Waals surface area contributed by atoms with E-state index in [0.29, 0.717) is 12.1 Å². The minimum Gasteiger partial charge on any atom is -0.494 e. The van der Waals surface area contributed by atoms with Crippen LogP contribution in [-0.2, 0) is 11.3 Å². The van der Waals surface area contributed by atoms with E-state index in [1.807, 2.05) is 0 Å². The van der Waals surface area contributed by atoms with Crippen molar-refractivity contribution in [2.45, 2.75) is 19.5 Å². The molecule has 0 unspecified atom stereocenters. The summed E-state index contributed by atoms with van der Waals surface area (Å²) < 4.78 is 18.5. The minimum atomic E-state index is -0.559. The zero-order valence-corrected chi connectivity index (χ0v) is 12.6. The number of nitrogens with one attached hydrogen (secondary N) is 2. The van der Waals surface area contributed by atoms with Gasteiger partial charge in [-0.15, -0.1) is 0 Å². The molecule has 0 aromatic heterocycles. The zero-order valence-electron chi connectivity index (χ0n) is 12.6. The molecule has 1 aromatic rings. The van der Waals surface area contributed by atoms with Crippen molar-refractivity contribution in [2.24, 2.45) is 0 Å². The zero-order chi connectivity index (χ0) is 16.0. The number of hydrogen-bond donors (Lipinski definition) is 2. The van der Waals surface area contributed by atoms with E-state index < -0.39 is 23.8 Å². The van der Waals surface area contributed by atoms with Crippen molar-refractivity contribution in [2.75, 3.05) is 21.2 Å². The van der Waals surface area contributed by atoms with Crippen LogP contribution >= 0.6 is 0 Å². The number of carbonyl (C=O) groups is 2. The van der Waals surface area contributed by atoms with Crippen LogP contribution in [0.4, 0.5) is 9.18 Å². The van der Waals surface area contributed by atoms with Crippen LogP contribution in [0.3, 0.4) is 0 Å². The largest absolute Gasteiger partial charge is 0.494 e. The summed E-state index contributed by atoms with van der Waals surface area (Å²) in [7, 11) is 4.54. The van der Waals surface area contributed by atoms with Crippen LogP contribution in [0, 0.1) is 5.82 Å². The normalized spacial score (nSPS) is 11.9. The molecule has 0 aliphatic heterocycles. The van der Waals surface area contributed by atoms with Gasteiger partial charge in [0, 0.05) is 13.6 Å². The van der Waals surface area contributed by atoms with Gasteiger partial charge in [0.1, 0.15) is 0 Å². The van der Waals surface area contributed by atoms with Crippen LogP contribution in [0.1, 0.15) is 12.5 Å². The molecule has 1 atom stereocenters. The summed E-state index contributed by atoms with van der Waals surface area (Å²) in [5.74, 6) is -0.705. The number of imide groups is 1. The molecule has 0 bridgehead atoms. The Morgan fingerprint density at radius 1 is 1.43 bits per heavy atom. The number of ether oxygens (including phenoxy) is 1. The molecule has 1 rings (SSSR count). The lowest BCUT2D eigenvalue weighted by molar-refractivity contribution is -0.124. The van der Waals surface area contributed by atoms with Gasteiger partial charge in [0.05, 0.1) is 13.2 Å². The molecule has 0 aliphatic carbocycles. The number of amides is 3. The second-order valence-electron chi connectivity index (χ2n) is 4.63. The van der Waals surface area contributed by atoms with Crippen LogP contribution in [0.2, 0.25) is 0 Å². The van der Waals surface area contributed by atoms with E-state index in [0.717, 1.165) is 0 Å². The van der Waals surface area contributed by atoms with E-state index in [4.69, 9.17) is 4.74 Å². The molecular formula is C14H20FN3O3. The fraction of sp³-hybridized carbons (Fsp3) is 0.429. The van der Waals surface area contributed by atoms with E-state index in [9.17, 15) is 14.0 Å². The third kappa shape index (κ3) is 4.71. The van der Waals surface area contributed by atoms with Crippen LogP contribution in [-0.4, -0.2) is 44.1 Å². The summed E-state index contributed by atoms with van der Waals surface area (Å²) >= 11 is 0. The molecule has 0 radical (unpaired) electrons. The number of hydrogen-bond acceptors (Lipinski definition) is 4. The van der Waals surface area contributed by atoms with Crippen molar-refractivity contribution < 1.29 is 18.7 Å². The molecule has 0 aliphatic rings. The molecule has 0 saturated carbocycles. The van der Waals surface area contributed by atoms with Crippen LogP contribution < -0.4 is 15.4 Å². The molecule has 6 nitrogen and oxygen atoms in total. The van der Waals surface area contributed by atoms with E-state index >= 15 is 0 Å². The number of urea groups is 1. The van der Waals surface area contributed by atoms with Gasteiger partial charge in [0.25, 0.3) is 0 Å². The number of likely N-dealkylation sites (N-methyl/N-ethyl adjacent to an activating group) is 1. The Hall–Kier alpha value is -2.15. The summed E-state index contributed by atoms with van der Waals surface area (Å²) in [6.07, 6.45) is 0. The number of carbonyl (C=O) groups excluding carboxylic acids is 2. The highest BCUT2D eigenvalue weighted by Crippen LogP contribution is 2.18. The van der Waals surface area contributed by atoms with E-state index in [2.05, 4.69) is 10.6 Å². The van der Waals surface area contributed by atoms with Crippen LogP contribution in [0.15, 0.2) is 18.2 Å². The average molecular weight is 297 g/mol. The third-order valence-corrected chi connectivity index (χ3v) is 3.15. The first-order valence-corrected chi connectivity index (χ1v) is 6.44. The first-order chi connectivity index (χ1) is 9.88. The lowest BCUT2D eigenvalue weighted by Crippen LogP contribution is -2.47. The summed E-state index contributed by atoms with van der Waals surface area (Å²) in [4.78, 5) is 24.6. The molecule has 2 N–H and O–H groups in total. The Bertz CT molecular complexity index is 522. The number of benzene rings is 1. The van der Waals surface area contributed by atoms with Crippen molar-refractivity contribution >= 4 is 11.9 Å². The molecule has 0 heterocycles. The summed E-state index contributed by atoms with van der Waals surface area (Å²) in [5, 5.41) is 4.51. The van der Waals surface area contributed by atoms with Gasteiger partial charge in [-0.25, -0.2) is 9.18 Å². The maximum atomic E-state index is 13.6. The van der Waals surface area contributed by atoms with Gasteiger partial charge in [-0.3, -0.25) is 15.0 Å². The van der Waals surface area contributed by atoms with E-state index in [1.165, 1.54) is 26.3 Å². The van der Waals surface area contributed by atoms with Gasteiger partial charge < -0.3 is 10.1 Å². The molecule has 7 heteroatoms. The fourth-order valence-electron chi connectivity index (χ4n) is 1.71. The van der Waals surface area contributed by atoms with Gasteiger partial charge in [0.2, 0.25) is 5.91 Å². The van der Waals surface area contributed by atoms with Gasteiger partial charge in [0.15, 0.2) is 11.6 Å². The number of methoxy groups -OCH3 is 1. The second-order valence-corrected chi connectivity index (χ2v) is 4.63. The highest BCUT2D eigenvalue weighted by molar-refractivity contribution is 5.96. The molecule has 21 heavy (non-hydrogen) atoms. The van der Waals surface area contributed by atoms with Gasteiger partial charge in [-0.1, -0.05) is 6.07 Å². The van der Waals surface area contributed by atoms with Crippen molar-refractivity contribution in [3.8, 4) is 5.75 Å². The highest BCUT2D eigenvalue weighted by Gasteiger charge is 2.20. The first-order valence-electron chi connectivity index (χ1n) is 6.44.